The van der Waals surface area contributed by atoms with E-state index in [-0.39, 0.29) is 0 Å². The zero-order valence-electron chi connectivity index (χ0n) is 27.6. The largest absolute Gasteiger partial charge is 0.453 e. The lowest BCUT2D eigenvalue weighted by molar-refractivity contribution is 0.477. The molecule has 0 aliphatic carbocycles. The van der Waals surface area contributed by atoms with Gasteiger partial charge < -0.3 is 13.9 Å². The molecule has 5 nitrogen and oxygen atoms in total. The van der Waals surface area contributed by atoms with Gasteiger partial charge in [0.05, 0.1) is 27.8 Å². The molecule has 3 aliphatic heterocycles. The van der Waals surface area contributed by atoms with Gasteiger partial charge in [-0.1, -0.05) is 72.8 Å². The summed E-state index contributed by atoms with van der Waals surface area (Å²) in [6, 6.07) is 49.0. The number of hydrogen-bond donors (Lipinski definition) is 0. The second-order valence-corrected chi connectivity index (χ2v) is 14.0. The van der Waals surface area contributed by atoms with Gasteiger partial charge in [-0.3, -0.25) is 9.88 Å². The lowest BCUT2D eigenvalue weighted by Gasteiger charge is -2.21. The molecule has 0 N–H and O–H groups in total. The van der Waals surface area contributed by atoms with Crippen LogP contribution in [0.3, 0.4) is 0 Å². The maximum Gasteiger partial charge on any atom is 0.154 e. The maximum atomic E-state index is 6.75. The summed E-state index contributed by atoms with van der Waals surface area (Å²) in [5.41, 5.74) is 14.2. The van der Waals surface area contributed by atoms with Crippen LogP contribution in [0, 0.1) is 0 Å². The number of fused-ring (bicyclic) bond motifs is 10. The Kier molecular flexibility index (Phi) is 5.41. The highest BCUT2D eigenvalue weighted by Gasteiger charge is 2.38. The van der Waals surface area contributed by atoms with Crippen molar-refractivity contribution in [1.82, 2.24) is 19.0 Å². The van der Waals surface area contributed by atoms with Gasteiger partial charge in [-0.25, -0.2) is 0 Å². The predicted molar refractivity (Wildman–Crippen MR) is 207 cm³/mol. The molecular weight excluding hydrogens is 625 g/mol. The first-order valence-electron chi connectivity index (χ1n) is 17.6. The first kappa shape index (κ1) is 27.4. The molecule has 2 atom stereocenters. The van der Waals surface area contributed by atoms with E-state index in [9.17, 15) is 0 Å². The van der Waals surface area contributed by atoms with Gasteiger partial charge >= 0.3 is 0 Å². The highest BCUT2D eigenvalue weighted by molar-refractivity contribution is 6.30. The standard InChI is InChI=1S/C46H30N4O/c1-3-14-38-36(12-1)44-41(24-43-46-45(44)37-13-2-4-15-39(37)50(46)40-16-5-6-17-42(40)51-43)49(38)34-11-7-9-28(22-34)30-19-31(29-10-8-18-47-25-29)21-32(20-30)33-23-35-27-48(35)26-33/h1-25,35H,26-27H2. The first-order chi connectivity index (χ1) is 25.3. The molecule has 240 valence electrons. The van der Waals surface area contributed by atoms with Crippen molar-refractivity contribution in [2.45, 2.75) is 6.04 Å². The molecule has 0 radical (unpaired) electrons. The third-order valence-electron chi connectivity index (χ3n) is 11.1. The molecule has 1 saturated heterocycles. The average Bonchev–Trinajstić information content (AvgIpc) is 3.48. The first-order valence-corrected chi connectivity index (χ1v) is 17.6. The maximum absolute atomic E-state index is 6.75. The monoisotopic (exact) mass is 654 g/mol. The topological polar surface area (TPSA) is 35.0 Å². The van der Waals surface area contributed by atoms with Gasteiger partial charge in [0.2, 0.25) is 0 Å². The van der Waals surface area contributed by atoms with Gasteiger partial charge in [-0.2, -0.15) is 0 Å². The van der Waals surface area contributed by atoms with E-state index in [1.54, 1.807) is 0 Å². The molecule has 3 aromatic heterocycles. The molecule has 0 amide bonds. The van der Waals surface area contributed by atoms with Gasteiger partial charge in [0.25, 0.3) is 0 Å². The fourth-order valence-electron chi connectivity index (χ4n) is 8.76. The smallest absolute Gasteiger partial charge is 0.154 e. The molecule has 5 heteroatoms. The third kappa shape index (κ3) is 3.92. The Morgan fingerprint density at radius 3 is 2.14 bits per heavy atom. The number of aromatic nitrogens is 3. The lowest BCUT2D eigenvalue weighted by Crippen LogP contribution is -2.04. The van der Waals surface area contributed by atoms with Crippen LogP contribution in [0.2, 0.25) is 0 Å². The van der Waals surface area contributed by atoms with E-state index in [2.05, 4.69) is 146 Å². The number of rotatable bonds is 4. The minimum absolute atomic E-state index is 0.604. The Labute approximate surface area is 293 Å². The summed E-state index contributed by atoms with van der Waals surface area (Å²) in [6.07, 6.45) is 6.25. The van der Waals surface area contributed by atoms with E-state index in [1.165, 1.54) is 66.9 Å². The summed E-state index contributed by atoms with van der Waals surface area (Å²) in [5.74, 6) is 1.74. The summed E-state index contributed by atoms with van der Waals surface area (Å²) in [7, 11) is 0. The van der Waals surface area contributed by atoms with Gasteiger partial charge in [0.15, 0.2) is 11.5 Å². The van der Waals surface area contributed by atoms with Crippen molar-refractivity contribution in [1.29, 1.82) is 0 Å². The van der Waals surface area contributed by atoms with E-state index >= 15 is 0 Å². The van der Waals surface area contributed by atoms with Crippen LogP contribution in [-0.2, 0) is 0 Å². The minimum Gasteiger partial charge on any atom is -0.453 e. The molecule has 0 spiro atoms. The van der Waals surface area contributed by atoms with Crippen molar-refractivity contribution in [3.05, 3.63) is 157 Å². The van der Waals surface area contributed by atoms with Crippen molar-refractivity contribution >= 4 is 49.2 Å². The average molecular weight is 655 g/mol. The van der Waals surface area contributed by atoms with Crippen molar-refractivity contribution < 1.29 is 4.74 Å². The second-order valence-electron chi connectivity index (χ2n) is 14.0. The highest BCUT2D eigenvalue weighted by Crippen LogP contribution is 2.50. The molecule has 51 heavy (non-hydrogen) atoms. The van der Waals surface area contributed by atoms with Crippen LogP contribution in [-0.4, -0.2) is 38.1 Å². The SMILES string of the molecule is C1=C(c2cc(-c3cccnc3)cc(-c3cccc(-n4c5ccccc5c5c6c7ccccc7n7c6c(cc54)Oc4ccccc4-7)c3)c2)CN2CC12. The summed E-state index contributed by atoms with van der Waals surface area (Å²) in [6.45, 7) is 2.20. The molecule has 12 rings (SSSR count). The van der Waals surface area contributed by atoms with Crippen LogP contribution >= 0.6 is 0 Å². The van der Waals surface area contributed by atoms with Crippen LogP contribution in [0.1, 0.15) is 5.56 Å². The molecule has 2 unspecified atom stereocenters. The Morgan fingerprint density at radius 2 is 1.31 bits per heavy atom. The van der Waals surface area contributed by atoms with Crippen LogP contribution in [0.25, 0.3) is 82.8 Å². The van der Waals surface area contributed by atoms with Crippen LogP contribution in [0.5, 0.6) is 11.5 Å². The summed E-state index contributed by atoms with van der Waals surface area (Å²) in [5, 5.41) is 4.93. The Hall–Kier alpha value is -6.43. The molecule has 6 aromatic carbocycles. The van der Waals surface area contributed by atoms with E-state index in [1.807, 2.05) is 24.5 Å². The Bertz CT molecular complexity index is 2970. The number of benzene rings is 6. The number of pyridine rings is 1. The molecule has 9 aromatic rings. The minimum atomic E-state index is 0.604. The highest BCUT2D eigenvalue weighted by atomic mass is 16.5. The van der Waals surface area contributed by atoms with Crippen LogP contribution in [0.15, 0.2) is 152 Å². The van der Waals surface area contributed by atoms with Gasteiger partial charge in [-0.15, -0.1) is 0 Å². The predicted octanol–water partition coefficient (Wildman–Crippen LogP) is 10.8. The van der Waals surface area contributed by atoms with E-state index < -0.39 is 0 Å². The number of hydrogen-bond acceptors (Lipinski definition) is 3. The number of nitrogens with zero attached hydrogens (tertiary/aromatic N) is 4. The summed E-state index contributed by atoms with van der Waals surface area (Å²) >= 11 is 0. The normalized spacial score (nSPS) is 17.1. The molecule has 0 bridgehead atoms. The zero-order chi connectivity index (χ0) is 33.2. The van der Waals surface area contributed by atoms with E-state index in [0.29, 0.717) is 6.04 Å². The van der Waals surface area contributed by atoms with Crippen LogP contribution in [0.4, 0.5) is 0 Å². The van der Waals surface area contributed by atoms with Crippen molar-refractivity contribution in [3.8, 4) is 45.1 Å². The van der Waals surface area contributed by atoms with Gasteiger partial charge in [0.1, 0.15) is 0 Å². The molecule has 3 aliphatic rings. The fraction of sp³-hybridized carbons (Fsp3) is 0.0652. The molecular formula is C46H30N4O. The summed E-state index contributed by atoms with van der Waals surface area (Å²) < 4.78 is 11.6. The van der Waals surface area contributed by atoms with Crippen molar-refractivity contribution in [2.75, 3.05) is 13.1 Å². The fourth-order valence-corrected chi connectivity index (χ4v) is 8.76. The quantitative estimate of drug-likeness (QED) is 0.177. The second kappa shape index (κ2) is 10.1. The third-order valence-corrected chi connectivity index (χ3v) is 11.1. The molecule has 0 saturated carbocycles. The van der Waals surface area contributed by atoms with E-state index in [4.69, 9.17) is 4.74 Å². The summed E-state index contributed by atoms with van der Waals surface area (Å²) in [4.78, 5) is 6.96. The van der Waals surface area contributed by atoms with Crippen molar-refractivity contribution in [2.24, 2.45) is 0 Å². The molecule has 1 fully saturated rings. The lowest BCUT2D eigenvalue weighted by atomic mass is 9.93. The number of ether oxygens (including phenoxy) is 1. The van der Waals surface area contributed by atoms with Gasteiger partial charge in [-0.05, 0) is 88.5 Å². The zero-order valence-corrected chi connectivity index (χ0v) is 27.6. The Balaban J connectivity index is 1.11. The number of para-hydroxylation sites is 4. The molecule has 6 heterocycles. The van der Waals surface area contributed by atoms with Crippen LogP contribution < -0.4 is 4.74 Å². The van der Waals surface area contributed by atoms with Gasteiger partial charge in [0, 0.05) is 70.4 Å². The van der Waals surface area contributed by atoms with Crippen molar-refractivity contribution in [3.63, 3.8) is 0 Å². The Morgan fingerprint density at radius 1 is 0.569 bits per heavy atom. The van der Waals surface area contributed by atoms with E-state index in [0.717, 1.165) is 46.0 Å².